The number of anilines is 1. The molecule has 0 saturated heterocycles. The van der Waals surface area contributed by atoms with Crippen LogP contribution in [0.4, 0.5) is 5.69 Å². The summed E-state index contributed by atoms with van der Waals surface area (Å²) >= 11 is 7.16. The fourth-order valence-corrected chi connectivity index (χ4v) is 2.22. The van der Waals surface area contributed by atoms with E-state index in [-0.39, 0.29) is 11.2 Å². The average Bonchev–Trinajstić information content (AvgIpc) is 2.22. The van der Waals surface area contributed by atoms with Crippen molar-refractivity contribution in [2.24, 2.45) is 0 Å². The first kappa shape index (κ1) is 12.2. The maximum absolute atomic E-state index is 11.2. The van der Waals surface area contributed by atoms with E-state index in [1.54, 1.807) is 25.1 Å². The summed E-state index contributed by atoms with van der Waals surface area (Å²) in [6.45, 7) is 1.76. The lowest BCUT2D eigenvalue weighted by atomic mass is 10.3. The lowest BCUT2D eigenvalue weighted by Gasteiger charge is -2.10. The quantitative estimate of drug-likeness (QED) is 0.505. The van der Waals surface area contributed by atoms with E-state index in [4.69, 9.17) is 17.3 Å². The minimum absolute atomic E-state index is 0.278. The highest BCUT2D eigenvalue weighted by atomic mass is 35.5. The molecule has 5 heteroatoms. The Kier molecular flexibility index (Phi) is 4.29. The van der Waals surface area contributed by atoms with E-state index in [1.807, 2.05) is 0 Å². The molecule has 0 aromatic heterocycles. The van der Waals surface area contributed by atoms with Crippen molar-refractivity contribution >= 4 is 35.0 Å². The second-order valence-electron chi connectivity index (χ2n) is 2.97. The smallest absolute Gasteiger partial charge is 0.318 e. The SMILES string of the molecule is COC(=O)C(C)Sc1cc(Cl)ccc1N. The molecule has 1 unspecified atom stereocenters. The minimum Gasteiger partial charge on any atom is -0.468 e. The maximum Gasteiger partial charge on any atom is 0.318 e. The Morgan fingerprint density at radius 3 is 2.87 bits per heavy atom. The first-order valence-electron chi connectivity index (χ1n) is 4.34. The molecule has 1 atom stereocenters. The number of nitrogens with two attached hydrogens (primary N) is 1. The van der Waals surface area contributed by atoms with E-state index in [0.29, 0.717) is 10.7 Å². The van der Waals surface area contributed by atoms with Crippen molar-refractivity contribution in [3.8, 4) is 0 Å². The molecule has 0 aliphatic heterocycles. The third-order valence-corrected chi connectivity index (χ3v) is 3.20. The number of hydrogen-bond donors (Lipinski definition) is 1. The van der Waals surface area contributed by atoms with Crippen LogP contribution in [0.5, 0.6) is 0 Å². The van der Waals surface area contributed by atoms with E-state index < -0.39 is 0 Å². The van der Waals surface area contributed by atoms with Crippen LogP contribution >= 0.6 is 23.4 Å². The number of methoxy groups -OCH3 is 1. The van der Waals surface area contributed by atoms with Crippen molar-refractivity contribution in [3.05, 3.63) is 23.2 Å². The van der Waals surface area contributed by atoms with Crippen LogP contribution in [0.3, 0.4) is 0 Å². The van der Waals surface area contributed by atoms with Crippen LogP contribution < -0.4 is 5.73 Å². The number of thioether (sulfide) groups is 1. The van der Waals surface area contributed by atoms with Crippen LogP contribution in [0.1, 0.15) is 6.92 Å². The van der Waals surface area contributed by atoms with Gasteiger partial charge in [0.2, 0.25) is 0 Å². The summed E-state index contributed by atoms with van der Waals surface area (Å²) in [6.07, 6.45) is 0. The highest BCUT2D eigenvalue weighted by Gasteiger charge is 2.15. The van der Waals surface area contributed by atoms with Gasteiger partial charge in [0.1, 0.15) is 5.25 Å². The molecule has 3 nitrogen and oxygen atoms in total. The lowest BCUT2D eigenvalue weighted by Crippen LogP contribution is -2.14. The Morgan fingerprint density at radius 2 is 2.27 bits per heavy atom. The van der Waals surface area contributed by atoms with Gasteiger partial charge in [0.05, 0.1) is 7.11 Å². The number of esters is 1. The molecule has 0 saturated carbocycles. The van der Waals surface area contributed by atoms with Crippen molar-refractivity contribution in [1.82, 2.24) is 0 Å². The molecule has 0 aliphatic rings. The number of hydrogen-bond acceptors (Lipinski definition) is 4. The molecule has 0 heterocycles. The fourth-order valence-electron chi connectivity index (χ4n) is 1.01. The molecule has 0 fully saturated rings. The standard InChI is InChI=1S/C10H12ClNO2S/c1-6(10(13)14-2)15-9-5-7(11)3-4-8(9)12/h3-6H,12H2,1-2H3. The molecule has 0 spiro atoms. The molecular formula is C10H12ClNO2S. The van der Waals surface area contributed by atoms with Crippen LogP contribution in [0.15, 0.2) is 23.1 Å². The van der Waals surface area contributed by atoms with Crippen LogP contribution in [-0.4, -0.2) is 18.3 Å². The third kappa shape index (κ3) is 3.32. The number of ether oxygens (including phenoxy) is 1. The van der Waals surface area contributed by atoms with E-state index in [0.717, 1.165) is 4.90 Å². The van der Waals surface area contributed by atoms with Gasteiger partial charge < -0.3 is 10.5 Å². The minimum atomic E-state index is -0.296. The van der Waals surface area contributed by atoms with Crippen LogP contribution in [-0.2, 0) is 9.53 Å². The number of benzene rings is 1. The van der Waals surface area contributed by atoms with Gasteiger partial charge in [-0.25, -0.2) is 0 Å². The molecule has 15 heavy (non-hydrogen) atoms. The molecule has 0 amide bonds. The van der Waals surface area contributed by atoms with Crippen molar-refractivity contribution in [3.63, 3.8) is 0 Å². The van der Waals surface area contributed by atoms with Gasteiger partial charge in [-0.2, -0.15) is 0 Å². The largest absolute Gasteiger partial charge is 0.468 e. The highest BCUT2D eigenvalue weighted by Crippen LogP contribution is 2.31. The van der Waals surface area contributed by atoms with E-state index >= 15 is 0 Å². The summed E-state index contributed by atoms with van der Waals surface area (Å²) in [7, 11) is 1.36. The first-order valence-corrected chi connectivity index (χ1v) is 5.60. The second-order valence-corrected chi connectivity index (χ2v) is 4.78. The zero-order valence-corrected chi connectivity index (χ0v) is 10.1. The van der Waals surface area contributed by atoms with Crippen LogP contribution in [0.25, 0.3) is 0 Å². The zero-order valence-electron chi connectivity index (χ0n) is 8.49. The van der Waals surface area contributed by atoms with Gasteiger partial charge in [-0.05, 0) is 25.1 Å². The monoisotopic (exact) mass is 245 g/mol. The van der Waals surface area contributed by atoms with Gasteiger partial charge in [0.25, 0.3) is 0 Å². The Balaban J connectivity index is 2.80. The summed E-state index contributed by atoms with van der Waals surface area (Å²) in [5, 5.41) is 0.305. The highest BCUT2D eigenvalue weighted by molar-refractivity contribution is 8.00. The molecule has 1 rings (SSSR count). The van der Waals surface area contributed by atoms with Crippen LogP contribution in [0, 0.1) is 0 Å². The van der Waals surface area contributed by atoms with E-state index in [1.165, 1.54) is 18.9 Å². The molecule has 1 aromatic rings. The average molecular weight is 246 g/mol. The molecule has 82 valence electrons. The van der Waals surface area contributed by atoms with Gasteiger partial charge in [0, 0.05) is 15.6 Å². The number of halogens is 1. The van der Waals surface area contributed by atoms with E-state index in [2.05, 4.69) is 4.74 Å². The Morgan fingerprint density at radius 1 is 1.60 bits per heavy atom. The predicted octanol–water partition coefficient (Wildman–Crippen LogP) is 2.58. The summed E-state index contributed by atoms with van der Waals surface area (Å²) in [4.78, 5) is 12.0. The Hall–Kier alpha value is -0.870. The van der Waals surface area contributed by atoms with Gasteiger partial charge in [0.15, 0.2) is 0 Å². The fraction of sp³-hybridized carbons (Fsp3) is 0.300. The summed E-state index contributed by atoms with van der Waals surface area (Å²) in [6, 6.07) is 5.17. The molecule has 0 radical (unpaired) electrons. The summed E-state index contributed by atoms with van der Waals surface area (Å²) in [5.74, 6) is -0.278. The van der Waals surface area contributed by atoms with E-state index in [9.17, 15) is 4.79 Å². The number of nitrogen functional groups attached to an aromatic ring is 1. The Bertz CT molecular complexity index is 370. The van der Waals surface area contributed by atoms with Crippen molar-refractivity contribution in [1.29, 1.82) is 0 Å². The van der Waals surface area contributed by atoms with Gasteiger partial charge in [-0.15, -0.1) is 11.8 Å². The topological polar surface area (TPSA) is 52.3 Å². The van der Waals surface area contributed by atoms with Gasteiger partial charge in [-0.1, -0.05) is 11.6 Å². The third-order valence-electron chi connectivity index (χ3n) is 1.81. The summed E-state index contributed by atoms with van der Waals surface area (Å²) < 4.78 is 4.62. The summed E-state index contributed by atoms with van der Waals surface area (Å²) in [5.41, 5.74) is 6.36. The molecular weight excluding hydrogens is 234 g/mol. The second kappa shape index (κ2) is 5.28. The van der Waals surface area contributed by atoms with Crippen molar-refractivity contribution in [2.45, 2.75) is 17.1 Å². The normalized spacial score (nSPS) is 12.2. The molecule has 2 N–H and O–H groups in total. The lowest BCUT2D eigenvalue weighted by molar-refractivity contribution is -0.139. The number of carbonyl (C=O) groups is 1. The van der Waals surface area contributed by atoms with Crippen molar-refractivity contribution in [2.75, 3.05) is 12.8 Å². The number of rotatable bonds is 3. The Labute approximate surface area is 97.9 Å². The zero-order chi connectivity index (χ0) is 11.4. The van der Waals surface area contributed by atoms with Crippen LogP contribution in [0.2, 0.25) is 5.02 Å². The molecule has 1 aromatic carbocycles. The molecule has 0 bridgehead atoms. The first-order chi connectivity index (χ1) is 7.04. The maximum atomic E-state index is 11.2. The number of carbonyl (C=O) groups excluding carboxylic acids is 1. The predicted molar refractivity (Wildman–Crippen MR) is 63.2 cm³/mol. The van der Waals surface area contributed by atoms with Gasteiger partial charge in [-0.3, -0.25) is 4.79 Å². The molecule has 0 aliphatic carbocycles. The van der Waals surface area contributed by atoms with Gasteiger partial charge >= 0.3 is 5.97 Å². The van der Waals surface area contributed by atoms with Crippen molar-refractivity contribution < 1.29 is 9.53 Å².